The molecule has 0 saturated carbocycles. The third-order valence-electron chi connectivity index (χ3n) is 3.19. The first kappa shape index (κ1) is 17.4. The largest absolute Gasteiger partial charge is 0.377 e. The molecule has 0 radical (unpaired) electrons. The number of alkyl halides is 2. The van der Waals surface area contributed by atoms with E-state index in [0.29, 0.717) is 12.6 Å². The molecule has 2 aromatic rings. The molecule has 5 nitrogen and oxygen atoms in total. The molecular weight excluding hydrogens is 300 g/mol. The highest BCUT2D eigenvalue weighted by atomic mass is 35.5. The third-order valence-corrected chi connectivity index (χ3v) is 3.19. The molecule has 0 saturated heterocycles. The monoisotopic (exact) mass is 319 g/mol. The topological polar surface area (TPSA) is 47.7 Å². The highest BCUT2D eigenvalue weighted by molar-refractivity contribution is 5.85. The molecule has 2 rings (SSSR count). The first-order valence-corrected chi connectivity index (χ1v) is 6.67. The standard InChI is InChI=1S/C13H19F2N5.ClH/c1-3-10(2)20-12(4-5-17-20)7-16-11-6-18-19(8-11)9-13(14)15;/h4-6,8,10,13,16H,3,7,9H2,1-2H3;1H. The first-order valence-electron chi connectivity index (χ1n) is 6.67. The van der Waals surface area contributed by atoms with Gasteiger partial charge in [-0.1, -0.05) is 6.92 Å². The zero-order valence-corrected chi connectivity index (χ0v) is 12.9. The van der Waals surface area contributed by atoms with E-state index in [0.717, 1.165) is 17.8 Å². The van der Waals surface area contributed by atoms with Crippen LogP contribution in [0.1, 0.15) is 32.0 Å². The molecular formula is C13H20ClF2N5. The average molecular weight is 320 g/mol. The molecule has 2 heterocycles. The van der Waals surface area contributed by atoms with Crippen molar-refractivity contribution in [2.24, 2.45) is 0 Å². The Balaban J connectivity index is 0.00000220. The van der Waals surface area contributed by atoms with Gasteiger partial charge in [0.1, 0.15) is 6.54 Å². The van der Waals surface area contributed by atoms with Gasteiger partial charge in [-0.05, 0) is 19.4 Å². The number of nitrogens with one attached hydrogen (secondary N) is 1. The summed E-state index contributed by atoms with van der Waals surface area (Å²) in [6.45, 7) is 4.42. The van der Waals surface area contributed by atoms with E-state index in [1.807, 2.05) is 10.7 Å². The molecule has 21 heavy (non-hydrogen) atoms. The minimum atomic E-state index is -2.39. The minimum Gasteiger partial charge on any atom is -0.377 e. The van der Waals surface area contributed by atoms with Gasteiger partial charge in [-0.2, -0.15) is 10.2 Å². The van der Waals surface area contributed by atoms with Crippen LogP contribution in [0.15, 0.2) is 24.7 Å². The van der Waals surface area contributed by atoms with Crippen LogP contribution in [-0.4, -0.2) is 26.0 Å². The van der Waals surface area contributed by atoms with E-state index in [2.05, 4.69) is 29.4 Å². The molecule has 8 heteroatoms. The average Bonchev–Trinajstić information content (AvgIpc) is 3.03. The van der Waals surface area contributed by atoms with Crippen molar-refractivity contribution in [2.75, 3.05) is 5.32 Å². The fourth-order valence-electron chi connectivity index (χ4n) is 1.94. The molecule has 0 amide bonds. The molecule has 2 aromatic heterocycles. The van der Waals surface area contributed by atoms with Gasteiger partial charge in [0.25, 0.3) is 6.43 Å². The van der Waals surface area contributed by atoms with Gasteiger partial charge in [-0.3, -0.25) is 9.36 Å². The van der Waals surface area contributed by atoms with Crippen LogP contribution >= 0.6 is 12.4 Å². The van der Waals surface area contributed by atoms with Gasteiger partial charge in [0, 0.05) is 18.4 Å². The maximum Gasteiger partial charge on any atom is 0.257 e. The Morgan fingerprint density at radius 2 is 2.10 bits per heavy atom. The second-order valence-electron chi connectivity index (χ2n) is 4.72. The second-order valence-corrected chi connectivity index (χ2v) is 4.72. The maximum absolute atomic E-state index is 12.2. The highest BCUT2D eigenvalue weighted by Crippen LogP contribution is 2.14. The Kier molecular flexibility index (Phi) is 6.61. The lowest BCUT2D eigenvalue weighted by Gasteiger charge is -2.14. The fourth-order valence-corrected chi connectivity index (χ4v) is 1.94. The highest BCUT2D eigenvalue weighted by Gasteiger charge is 2.09. The summed E-state index contributed by atoms with van der Waals surface area (Å²) < 4.78 is 27.7. The van der Waals surface area contributed by atoms with Gasteiger partial charge in [-0.15, -0.1) is 12.4 Å². The Bertz CT molecular complexity index is 540. The molecule has 0 fully saturated rings. The van der Waals surface area contributed by atoms with Gasteiger partial charge in [0.15, 0.2) is 0 Å². The molecule has 1 atom stereocenters. The summed E-state index contributed by atoms with van der Waals surface area (Å²) in [5.74, 6) is 0. The minimum absolute atomic E-state index is 0. The van der Waals surface area contributed by atoms with Crippen LogP contribution < -0.4 is 5.32 Å². The second kappa shape index (κ2) is 7.97. The molecule has 1 unspecified atom stereocenters. The van der Waals surface area contributed by atoms with Gasteiger partial charge in [0.2, 0.25) is 0 Å². The molecule has 0 bridgehead atoms. The fraction of sp³-hybridized carbons (Fsp3) is 0.538. The zero-order valence-electron chi connectivity index (χ0n) is 12.0. The number of hydrogen-bond acceptors (Lipinski definition) is 3. The summed E-state index contributed by atoms with van der Waals surface area (Å²) in [6.07, 6.45) is 3.50. The number of aromatic nitrogens is 4. The van der Waals surface area contributed by atoms with Crippen LogP contribution in [0, 0.1) is 0 Å². The van der Waals surface area contributed by atoms with E-state index in [1.54, 1.807) is 18.6 Å². The van der Waals surface area contributed by atoms with Crippen LogP contribution in [0.5, 0.6) is 0 Å². The molecule has 0 aromatic carbocycles. The molecule has 0 aliphatic heterocycles. The van der Waals surface area contributed by atoms with Gasteiger partial charge < -0.3 is 5.32 Å². The molecule has 1 N–H and O–H groups in total. The van der Waals surface area contributed by atoms with Crippen molar-refractivity contribution in [3.63, 3.8) is 0 Å². The van der Waals surface area contributed by atoms with Crippen molar-refractivity contribution >= 4 is 18.1 Å². The number of halogens is 3. The van der Waals surface area contributed by atoms with Crippen LogP contribution in [0.2, 0.25) is 0 Å². The van der Waals surface area contributed by atoms with Crippen molar-refractivity contribution in [3.05, 3.63) is 30.4 Å². The van der Waals surface area contributed by atoms with Crippen molar-refractivity contribution in [3.8, 4) is 0 Å². The molecule has 0 aliphatic rings. The van der Waals surface area contributed by atoms with Gasteiger partial charge >= 0.3 is 0 Å². The van der Waals surface area contributed by atoms with E-state index < -0.39 is 6.43 Å². The summed E-state index contributed by atoms with van der Waals surface area (Å²) in [5, 5.41) is 11.4. The van der Waals surface area contributed by atoms with Crippen LogP contribution in [-0.2, 0) is 13.1 Å². The van der Waals surface area contributed by atoms with Gasteiger partial charge in [-0.25, -0.2) is 8.78 Å². The number of nitrogens with zero attached hydrogens (tertiary/aromatic N) is 4. The lowest BCUT2D eigenvalue weighted by Crippen LogP contribution is -2.12. The Hall–Kier alpha value is -1.63. The Morgan fingerprint density at radius 3 is 2.76 bits per heavy atom. The van der Waals surface area contributed by atoms with E-state index >= 15 is 0 Å². The number of rotatable bonds is 7. The van der Waals surface area contributed by atoms with Crippen molar-refractivity contribution in [1.82, 2.24) is 19.6 Å². The van der Waals surface area contributed by atoms with Crippen LogP contribution in [0.25, 0.3) is 0 Å². The van der Waals surface area contributed by atoms with E-state index in [4.69, 9.17) is 0 Å². The van der Waals surface area contributed by atoms with E-state index in [1.165, 1.54) is 4.68 Å². The number of hydrogen-bond donors (Lipinski definition) is 1. The predicted molar refractivity (Wildman–Crippen MR) is 80.0 cm³/mol. The molecule has 0 spiro atoms. The summed E-state index contributed by atoms with van der Waals surface area (Å²) in [6, 6.07) is 2.28. The van der Waals surface area contributed by atoms with Crippen LogP contribution in [0.4, 0.5) is 14.5 Å². The SMILES string of the molecule is CCC(C)n1nccc1CNc1cnn(CC(F)F)c1.Cl. The zero-order chi connectivity index (χ0) is 14.5. The maximum atomic E-state index is 12.2. The van der Waals surface area contributed by atoms with Crippen molar-refractivity contribution in [2.45, 2.75) is 45.8 Å². The van der Waals surface area contributed by atoms with E-state index in [-0.39, 0.29) is 19.0 Å². The summed E-state index contributed by atoms with van der Waals surface area (Å²) in [4.78, 5) is 0. The Morgan fingerprint density at radius 1 is 1.33 bits per heavy atom. The Labute approximate surface area is 128 Å². The smallest absolute Gasteiger partial charge is 0.257 e. The third kappa shape index (κ3) is 4.70. The first-order chi connectivity index (χ1) is 9.60. The molecule has 0 aliphatic carbocycles. The van der Waals surface area contributed by atoms with E-state index in [9.17, 15) is 8.78 Å². The van der Waals surface area contributed by atoms with Crippen molar-refractivity contribution < 1.29 is 8.78 Å². The van der Waals surface area contributed by atoms with Gasteiger partial charge in [0.05, 0.1) is 24.1 Å². The lowest BCUT2D eigenvalue weighted by atomic mass is 10.2. The quantitative estimate of drug-likeness (QED) is 0.851. The predicted octanol–water partition coefficient (Wildman–Crippen LogP) is 3.35. The lowest BCUT2D eigenvalue weighted by molar-refractivity contribution is 0.122. The summed E-state index contributed by atoms with van der Waals surface area (Å²) in [5.41, 5.74) is 1.78. The van der Waals surface area contributed by atoms with Crippen LogP contribution in [0.3, 0.4) is 0 Å². The summed E-state index contributed by atoms with van der Waals surface area (Å²) >= 11 is 0. The number of anilines is 1. The molecule has 118 valence electrons. The normalized spacial score (nSPS) is 12.2. The summed E-state index contributed by atoms with van der Waals surface area (Å²) in [7, 11) is 0. The van der Waals surface area contributed by atoms with Crippen molar-refractivity contribution in [1.29, 1.82) is 0 Å².